The summed E-state index contributed by atoms with van der Waals surface area (Å²) in [7, 11) is 0. The Morgan fingerprint density at radius 1 is 0.882 bits per heavy atom. The van der Waals surface area contributed by atoms with Crippen LogP contribution in [-0.2, 0) is 4.79 Å². The number of imidazole rings is 1. The van der Waals surface area contributed by atoms with Gasteiger partial charge in [0, 0.05) is 41.5 Å². The third-order valence-corrected chi connectivity index (χ3v) is 6.94. The summed E-state index contributed by atoms with van der Waals surface area (Å²) in [5.41, 5.74) is 5.34. The minimum atomic E-state index is -0.104. The van der Waals surface area contributed by atoms with Crippen molar-refractivity contribution in [2.24, 2.45) is 0 Å². The number of fused-ring (bicyclic) bond motifs is 4. The van der Waals surface area contributed by atoms with Gasteiger partial charge in [0.1, 0.15) is 0 Å². The number of rotatable bonds is 4. The normalized spacial score (nSPS) is 15.9. The van der Waals surface area contributed by atoms with Crippen molar-refractivity contribution in [1.82, 2.24) is 14.5 Å². The first-order valence-corrected chi connectivity index (χ1v) is 11.6. The van der Waals surface area contributed by atoms with E-state index in [4.69, 9.17) is 0 Å². The number of para-hydroxylation sites is 2. The van der Waals surface area contributed by atoms with Crippen LogP contribution < -0.4 is 11.0 Å². The van der Waals surface area contributed by atoms with Crippen molar-refractivity contribution in [1.29, 1.82) is 0 Å². The predicted octanol–water partition coefficient (Wildman–Crippen LogP) is 3.82. The molecule has 0 bridgehead atoms. The number of carbonyl (C=O) groups is 2. The summed E-state index contributed by atoms with van der Waals surface area (Å²) in [5, 5.41) is 3.03. The molecule has 0 unspecified atom stereocenters. The summed E-state index contributed by atoms with van der Waals surface area (Å²) < 4.78 is 1.86. The summed E-state index contributed by atoms with van der Waals surface area (Å²) in [5.74, 6) is -0.107. The number of nitrogens with one attached hydrogen (secondary N) is 2. The average Bonchev–Trinajstić information content (AvgIpc) is 3.34. The number of aromatic amines is 1. The quantitative estimate of drug-likeness (QED) is 0.434. The van der Waals surface area contributed by atoms with Gasteiger partial charge in [-0.1, -0.05) is 48.5 Å². The van der Waals surface area contributed by atoms with Gasteiger partial charge in [0.15, 0.2) is 5.78 Å². The molecule has 2 N–H and O–H groups in total. The molecule has 2 heterocycles. The van der Waals surface area contributed by atoms with Crippen molar-refractivity contribution < 1.29 is 9.59 Å². The molecule has 1 amide bonds. The third kappa shape index (κ3) is 3.36. The van der Waals surface area contributed by atoms with Crippen LogP contribution in [0.2, 0.25) is 0 Å². The van der Waals surface area contributed by atoms with Gasteiger partial charge in [0.05, 0.1) is 17.6 Å². The Kier molecular flexibility index (Phi) is 4.92. The number of ketones is 1. The van der Waals surface area contributed by atoms with Crippen LogP contribution >= 0.6 is 0 Å². The van der Waals surface area contributed by atoms with Gasteiger partial charge in [-0.3, -0.25) is 19.1 Å². The predicted molar refractivity (Wildman–Crippen MR) is 131 cm³/mol. The van der Waals surface area contributed by atoms with Crippen molar-refractivity contribution in [3.05, 3.63) is 88.3 Å². The Bertz CT molecular complexity index is 1490. The largest absolute Gasteiger partial charge is 0.326 e. The number of likely N-dealkylation sites (tertiary alicyclic amines) is 1. The van der Waals surface area contributed by atoms with Crippen LogP contribution in [0.1, 0.15) is 34.8 Å². The molecule has 6 rings (SSSR count). The van der Waals surface area contributed by atoms with Gasteiger partial charge in [-0.2, -0.15) is 0 Å². The molecule has 0 atom stereocenters. The number of nitrogens with zero attached hydrogens (tertiary/aromatic N) is 2. The van der Waals surface area contributed by atoms with E-state index in [0.29, 0.717) is 16.8 Å². The fraction of sp³-hybridized carbons (Fsp3) is 0.222. The molecular formula is C27H24N4O3. The van der Waals surface area contributed by atoms with Gasteiger partial charge in [-0.05, 0) is 36.6 Å². The van der Waals surface area contributed by atoms with E-state index in [2.05, 4.69) is 15.2 Å². The molecule has 0 saturated carbocycles. The highest BCUT2D eigenvalue weighted by Gasteiger charge is 2.29. The van der Waals surface area contributed by atoms with Gasteiger partial charge in [0.25, 0.3) is 0 Å². The summed E-state index contributed by atoms with van der Waals surface area (Å²) in [4.78, 5) is 43.2. The molecule has 1 aliphatic heterocycles. The molecule has 2 aliphatic rings. The number of benzene rings is 3. The van der Waals surface area contributed by atoms with Crippen LogP contribution in [0.25, 0.3) is 22.2 Å². The molecule has 7 heteroatoms. The number of anilines is 1. The zero-order valence-corrected chi connectivity index (χ0v) is 18.6. The van der Waals surface area contributed by atoms with E-state index in [1.807, 2.05) is 71.3 Å². The van der Waals surface area contributed by atoms with Crippen LogP contribution in [0.3, 0.4) is 0 Å². The number of aromatic nitrogens is 2. The Morgan fingerprint density at radius 2 is 1.59 bits per heavy atom. The highest BCUT2D eigenvalue weighted by atomic mass is 16.2. The van der Waals surface area contributed by atoms with Crippen LogP contribution in [-0.4, -0.2) is 45.8 Å². The maximum atomic E-state index is 12.9. The Balaban J connectivity index is 1.14. The molecule has 1 aromatic heterocycles. The number of H-pyrrole nitrogens is 1. The Hall–Kier alpha value is -3.97. The number of carbonyl (C=O) groups excluding carboxylic acids is 2. The van der Waals surface area contributed by atoms with E-state index in [9.17, 15) is 14.4 Å². The summed E-state index contributed by atoms with van der Waals surface area (Å²) in [6.45, 7) is 1.74. The van der Waals surface area contributed by atoms with E-state index in [1.165, 1.54) is 0 Å². The first-order chi connectivity index (χ1) is 16.6. The maximum absolute atomic E-state index is 12.9. The zero-order valence-electron chi connectivity index (χ0n) is 18.6. The van der Waals surface area contributed by atoms with Crippen LogP contribution in [0, 0.1) is 0 Å². The minimum Gasteiger partial charge on any atom is -0.324 e. The highest BCUT2D eigenvalue weighted by Crippen LogP contribution is 2.41. The van der Waals surface area contributed by atoms with Crippen molar-refractivity contribution >= 4 is 28.4 Å². The summed E-state index contributed by atoms with van der Waals surface area (Å²) in [6, 6.07) is 20.8. The fourth-order valence-electron chi connectivity index (χ4n) is 5.35. The molecule has 3 aromatic carbocycles. The second kappa shape index (κ2) is 8.11. The average molecular weight is 453 g/mol. The Morgan fingerprint density at radius 3 is 2.41 bits per heavy atom. The lowest BCUT2D eigenvalue weighted by Crippen LogP contribution is -2.41. The van der Waals surface area contributed by atoms with Crippen molar-refractivity contribution in [2.75, 3.05) is 25.0 Å². The first-order valence-electron chi connectivity index (χ1n) is 11.6. The number of hydrogen-bond donors (Lipinski definition) is 2. The molecule has 0 spiro atoms. The number of hydrogen-bond acceptors (Lipinski definition) is 4. The Labute approximate surface area is 196 Å². The number of piperidine rings is 1. The van der Waals surface area contributed by atoms with E-state index < -0.39 is 0 Å². The molecule has 1 aliphatic carbocycles. The molecule has 1 fully saturated rings. The zero-order chi connectivity index (χ0) is 23.2. The van der Waals surface area contributed by atoms with Gasteiger partial charge >= 0.3 is 5.69 Å². The molecule has 7 nitrogen and oxygen atoms in total. The fourth-order valence-corrected chi connectivity index (χ4v) is 5.35. The topological polar surface area (TPSA) is 87.2 Å². The molecule has 34 heavy (non-hydrogen) atoms. The lowest BCUT2D eigenvalue weighted by Gasteiger charge is -2.32. The first kappa shape index (κ1) is 20.6. The van der Waals surface area contributed by atoms with E-state index in [1.54, 1.807) is 0 Å². The maximum Gasteiger partial charge on any atom is 0.326 e. The van der Waals surface area contributed by atoms with Gasteiger partial charge in [0.2, 0.25) is 5.91 Å². The van der Waals surface area contributed by atoms with Crippen molar-refractivity contribution in [3.63, 3.8) is 0 Å². The van der Waals surface area contributed by atoms with Gasteiger partial charge in [-0.15, -0.1) is 0 Å². The van der Waals surface area contributed by atoms with Crippen LogP contribution in [0.4, 0.5) is 5.69 Å². The van der Waals surface area contributed by atoms with Gasteiger partial charge < -0.3 is 10.3 Å². The number of amides is 1. The smallest absolute Gasteiger partial charge is 0.324 e. The van der Waals surface area contributed by atoms with Crippen LogP contribution in [0.5, 0.6) is 0 Å². The van der Waals surface area contributed by atoms with Crippen molar-refractivity contribution in [3.8, 4) is 11.1 Å². The summed E-state index contributed by atoms with van der Waals surface area (Å²) >= 11 is 0. The standard InChI is InChI=1S/C27H24N4O3/c32-24(28-22-10-5-8-20-25(22)18-6-1-2-7-19(18)26(20)33)16-30-14-12-17(13-15-30)31-23-11-4-3-9-21(23)29-27(31)34/h1-11,17H,12-16H2,(H,28,32)(H,29,34). The lowest BCUT2D eigenvalue weighted by molar-refractivity contribution is -0.117. The SMILES string of the molecule is O=C(CN1CCC(n2c(=O)[nH]c3ccccc32)CC1)Nc1cccc2c1-c1ccccc1C2=O. The van der Waals surface area contributed by atoms with E-state index in [-0.39, 0.29) is 30.0 Å². The van der Waals surface area contributed by atoms with Crippen molar-refractivity contribution in [2.45, 2.75) is 18.9 Å². The third-order valence-electron chi connectivity index (χ3n) is 6.94. The highest BCUT2D eigenvalue weighted by molar-refractivity contribution is 6.24. The molecular weight excluding hydrogens is 428 g/mol. The van der Waals surface area contributed by atoms with Gasteiger partial charge in [-0.25, -0.2) is 4.79 Å². The molecule has 0 radical (unpaired) electrons. The minimum absolute atomic E-state index is 0.00343. The molecule has 1 saturated heterocycles. The molecule has 170 valence electrons. The van der Waals surface area contributed by atoms with Crippen LogP contribution in [0.15, 0.2) is 71.5 Å². The monoisotopic (exact) mass is 452 g/mol. The molecule has 4 aromatic rings. The van der Waals surface area contributed by atoms with E-state index in [0.717, 1.165) is 48.1 Å². The summed E-state index contributed by atoms with van der Waals surface area (Å²) in [6.07, 6.45) is 1.61. The second-order valence-electron chi connectivity index (χ2n) is 8.98. The van der Waals surface area contributed by atoms with E-state index >= 15 is 0 Å². The second-order valence-corrected chi connectivity index (χ2v) is 8.98. The lowest BCUT2D eigenvalue weighted by atomic mass is 10.0.